The Morgan fingerprint density at radius 2 is 1.94 bits per heavy atom. The highest BCUT2D eigenvalue weighted by molar-refractivity contribution is 6.50. The molecule has 0 atom stereocenters. The fourth-order valence-electron chi connectivity index (χ4n) is 1.74. The number of nitro benzene ring substituents is 1. The van der Waals surface area contributed by atoms with E-state index in [1.54, 1.807) is 0 Å². The van der Waals surface area contributed by atoms with Crippen molar-refractivity contribution in [2.75, 3.05) is 7.11 Å². The maximum atomic E-state index is 12.0. The largest absolute Gasteiger partial charge is 0.491 e. The molecule has 0 radical (unpaired) electrons. The van der Waals surface area contributed by atoms with Crippen LogP contribution in [-0.2, 0) is 4.74 Å². The van der Waals surface area contributed by atoms with Gasteiger partial charge in [0, 0.05) is 11.6 Å². The summed E-state index contributed by atoms with van der Waals surface area (Å²) >= 11 is 5.70. The molecule has 0 spiro atoms. The van der Waals surface area contributed by atoms with E-state index in [-0.39, 0.29) is 21.9 Å². The summed E-state index contributed by atoms with van der Waals surface area (Å²) in [5.74, 6) is -1.79. The van der Waals surface area contributed by atoms with E-state index in [4.69, 9.17) is 16.3 Å². The van der Waals surface area contributed by atoms with Gasteiger partial charge in [-0.05, 0) is 6.07 Å². The van der Waals surface area contributed by atoms with Gasteiger partial charge in [-0.15, -0.1) is 0 Å². The number of halogens is 1. The molecule has 0 saturated heterocycles. The molecule has 1 aromatic rings. The van der Waals surface area contributed by atoms with Gasteiger partial charge >= 0.3 is 0 Å². The van der Waals surface area contributed by atoms with E-state index < -0.39 is 22.2 Å². The third kappa shape index (κ3) is 1.58. The molecule has 0 heterocycles. The first-order valence-electron chi connectivity index (χ1n) is 4.79. The van der Waals surface area contributed by atoms with E-state index in [1.165, 1.54) is 19.2 Å². The van der Waals surface area contributed by atoms with Crippen molar-refractivity contribution >= 4 is 28.9 Å². The zero-order chi connectivity index (χ0) is 13.4. The van der Waals surface area contributed by atoms with Gasteiger partial charge in [0.25, 0.3) is 5.69 Å². The van der Waals surface area contributed by atoms with E-state index >= 15 is 0 Å². The summed E-state index contributed by atoms with van der Waals surface area (Å²) in [5, 5.41) is 10.5. The molecule has 0 amide bonds. The normalized spacial score (nSPS) is 14.6. The molecule has 92 valence electrons. The summed E-state index contributed by atoms with van der Waals surface area (Å²) in [6.07, 6.45) is 0. The number of rotatable bonds is 2. The van der Waals surface area contributed by atoms with Crippen molar-refractivity contribution in [1.29, 1.82) is 0 Å². The molecule has 0 N–H and O–H groups in total. The first-order valence-corrected chi connectivity index (χ1v) is 5.17. The summed E-state index contributed by atoms with van der Waals surface area (Å²) in [7, 11) is 1.17. The van der Waals surface area contributed by atoms with Crippen LogP contribution in [0.25, 0.3) is 0 Å². The minimum absolute atomic E-state index is 0.0833. The van der Waals surface area contributed by atoms with E-state index in [2.05, 4.69) is 0 Å². The van der Waals surface area contributed by atoms with Crippen LogP contribution in [0.3, 0.4) is 0 Å². The number of ether oxygens (including phenoxy) is 1. The van der Waals surface area contributed by atoms with Crippen LogP contribution in [0.5, 0.6) is 0 Å². The molecule has 6 nitrogen and oxygen atoms in total. The van der Waals surface area contributed by atoms with Crippen LogP contribution in [0.4, 0.5) is 5.69 Å². The number of methoxy groups -OCH3 is 1. The summed E-state index contributed by atoms with van der Waals surface area (Å²) < 4.78 is 4.73. The third-order valence-electron chi connectivity index (χ3n) is 2.52. The fourth-order valence-corrected chi connectivity index (χ4v) is 2.00. The Bertz CT molecular complexity index is 620. The number of hydrogen-bond acceptors (Lipinski definition) is 5. The van der Waals surface area contributed by atoms with Crippen LogP contribution < -0.4 is 0 Å². The number of benzene rings is 1. The molecule has 7 heteroatoms. The highest BCUT2D eigenvalue weighted by Gasteiger charge is 2.37. The summed E-state index contributed by atoms with van der Waals surface area (Å²) in [6.45, 7) is 0. The van der Waals surface area contributed by atoms with Crippen molar-refractivity contribution in [3.05, 3.63) is 50.2 Å². The summed E-state index contributed by atoms with van der Waals surface area (Å²) in [6, 6.07) is 3.79. The second kappa shape index (κ2) is 4.23. The molecular formula is C11H6ClNO5. The van der Waals surface area contributed by atoms with E-state index in [0.29, 0.717) is 0 Å². The molecular weight excluding hydrogens is 262 g/mol. The Balaban J connectivity index is 2.78. The Hall–Kier alpha value is -2.21. The van der Waals surface area contributed by atoms with Crippen molar-refractivity contribution in [3.63, 3.8) is 0 Å². The number of nitrogens with zero attached hydrogens (tertiary/aromatic N) is 1. The van der Waals surface area contributed by atoms with Crippen LogP contribution in [-0.4, -0.2) is 23.6 Å². The number of carbonyl (C=O) groups is 2. The lowest BCUT2D eigenvalue weighted by Gasteiger charge is -2.16. The number of hydrogen-bond donors (Lipinski definition) is 0. The van der Waals surface area contributed by atoms with Crippen LogP contribution in [0.1, 0.15) is 20.7 Å². The second-order valence-electron chi connectivity index (χ2n) is 3.46. The average Bonchev–Trinajstić information content (AvgIpc) is 2.36. The van der Waals surface area contributed by atoms with Gasteiger partial charge in [-0.1, -0.05) is 17.7 Å². The smallest absolute Gasteiger partial charge is 0.281 e. The van der Waals surface area contributed by atoms with E-state index in [9.17, 15) is 19.7 Å². The zero-order valence-corrected chi connectivity index (χ0v) is 9.85. The fraction of sp³-hybridized carbons (Fsp3) is 0.0909. The minimum atomic E-state index is -0.760. The van der Waals surface area contributed by atoms with Crippen molar-refractivity contribution in [1.82, 2.24) is 0 Å². The minimum Gasteiger partial charge on any atom is -0.491 e. The lowest BCUT2D eigenvalue weighted by Crippen LogP contribution is -2.22. The maximum absolute atomic E-state index is 12.0. The molecule has 0 aromatic heterocycles. The van der Waals surface area contributed by atoms with Crippen LogP contribution in [0, 0.1) is 10.1 Å². The first kappa shape index (κ1) is 12.3. The van der Waals surface area contributed by atoms with E-state index in [0.717, 1.165) is 6.07 Å². The number of Topliss-reactive ketones (excluding diaryl/α,β-unsaturated/α-hetero) is 2. The van der Waals surface area contributed by atoms with Gasteiger partial charge < -0.3 is 4.74 Å². The van der Waals surface area contributed by atoms with E-state index in [1.807, 2.05) is 0 Å². The Morgan fingerprint density at radius 3 is 2.50 bits per heavy atom. The lowest BCUT2D eigenvalue weighted by atomic mass is 9.92. The van der Waals surface area contributed by atoms with Gasteiger partial charge in [-0.3, -0.25) is 19.7 Å². The van der Waals surface area contributed by atoms with Crippen LogP contribution >= 0.6 is 11.6 Å². The molecule has 0 fully saturated rings. The van der Waals surface area contributed by atoms with Gasteiger partial charge in [0.15, 0.2) is 5.76 Å². The molecule has 1 aromatic carbocycles. The predicted molar refractivity (Wildman–Crippen MR) is 61.6 cm³/mol. The molecule has 0 unspecified atom stereocenters. The lowest BCUT2D eigenvalue weighted by molar-refractivity contribution is -0.385. The number of ketones is 2. The molecule has 1 aliphatic rings. The highest BCUT2D eigenvalue weighted by Crippen LogP contribution is 2.33. The zero-order valence-electron chi connectivity index (χ0n) is 9.10. The predicted octanol–water partition coefficient (Wildman–Crippen LogP) is 2.07. The van der Waals surface area contributed by atoms with Gasteiger partial charge in [-0.2, -0.15) is 0 Å². The highest BCUT2D eigenvalue weighted by atomic mass is 35.5. The molecule has 2 rings (SSSR count). The van der Waals surface area contributed by atoms with Gasteiger partial charge in [0.1, 0.15) is 10.6 Å². The maximum Gasteiger partial charge on any atom is 0.281 e. The molecule has 0 saturated carbocycles. The second-order valence-corrected chi connectivity index (χ2v) is 3.84. The molecule has 1 aliphatic carbocycles. The molecule has 18 heavy (non-hydrogen) atoms. The topological polar surface area (TPSA) is 86.5 Å². The van der Waals surface area contributed by atoms with Gasteiger partial charge in [0.2, 0.25) is 11.6 Å². The molecule has 0 bridgehead atoms. The third-order valence-corrected chi connectivity index (χ3v) is 2.86. The first-order chi connectivity index (χ1) is 8.49. The van der Waals surface area contributed by atoms with Crippen molar-refractivity contribution in [2.24, 2.45) is 0 Å². The number of nitro groups is 1. The van der Waals surface area contributed by atoms with Gasteiger partial charge in [-0.25, -0.2) is 0 Å². The van der Waals surface area contributed by atoms with Gasteiger partial charge in [0.05, 0.1) is 12.0 Å². The van der Waals surface area contributed by atoms with Crippen LogP contribution in [0.15, 0.2) is 29.0 Å². The average molecular weight is 268 g/mol. The van der Waals surface area contributed by atoms with Crippen LogP contribution in [0.2, 0.25) is 0 Å². The number of fused-ring (bicyclic) bond motifs is 1. The standard InChI is InChI=1S/C11H6ClNO5/c1-18-11-8(12)9(14)5-3-2-4-6(13(16)17)7(5)10(11)15/h2-4H,1H3. The summed E-state index contributed by atoms with van der Waals surface area (Å²) in [5.41, 5.74) is -0.807. The monoisotopic (exact) mass is 267 g/mol. The molecule has 0 aliphatic heterocycles. The number of allylic oxidation sites excluding steroid dienone is 2. The number of carbonyl (C=O) groups excluding carboxylic acids is 2. The SMILES string of the molecule is COC1=C(Cl)C(=O)c2cccc([N+](=O)[O-])c2C1=O. The Kier molecular flexibility index (Phi) is 2.88. The van der Waals surface area contributed by atoms with Crippen molar-refractivity contribution < 1.29 is 19.2 Å². The quantitative estimate of drug-likeness (QED) is 0.605. The van der Waals surface area contributed by atoms with Crippen molar-refractivity contribution in [2.45, 2.75) is 0 Å². The Labute approximate surface area is 106 Å². The van der Waals surface area contributed by atoms with Crippen molar-refractivity contribution in [3.8, 4) is 0 Å². The Morgan fingerprint density at radius 1 is 1.28 bits per heavy atom. The summed E-state index contributed by atoms with van der Waals surface area (Å²) in [4.78, 5) is 34.0.